The van der Waals surface area contributed by atoms with E-state index in [1.54, 1.807) is 23.0 Å². The van der Waals surface area contributed by atoms with Crippen LogP contribution < -0.4 is 5.32 Å². The molecule has 0 unspecified atom stereocenters. The summed E-state index contributed by atoms with van der Waals surface area (Å²) < 4.78 is 0. The molecule has 2 N–H and O–H groups in total. The van der Waals surface area contributed by atoms with Gasteiger partial charge in [-0.15, -0.1) is 0 Å². The maximum atomic E-state index is 12.0. The normalized spacial score (nSPS) is 16.6. The van der Waals surface area contributed by atoms with Crippen LogP contribution in [0.5, 0.6) is 0 Å². The van der Waals surface area contributed by atoms with Crippen molar-refractivity contribution >= 4 is 11.9 Å². The number of H-pyrrole nitrogens is 1. The maximum absolute atomic E-state index is 12.0. The number of amides is 3. The molecule has 0 saturated carbocycles. The van der Waals surface area contributed by atoms with E-state index in [-0.39, 0.29) is 24.5 Å². The minimum Gasteiger partial charge on any atom is -0.345 e. The Balaban J connectivity index is 1.91. The van der Waals surface area contributed by atoms with Crippen LogP contribution in [-0.4, -0.2) is 58.4 Å². The van der Waals surface area contributed by atoms with Crippen LogP contribution in [0.15, 0.2) is 6.20 Å². The van der Waals surface area contributed by atoms with Gasteiger partial charge in [0.2, 0.25) is 5.91 Å². The second-order valence-corrected chi connectivity index (χ2v) is 5.11. The van der Waals surface area contributed by atoms with E-state index in [1.165, 1.54) is 0 Å². The van der Waals surface area contributed by atoms with Crippen LogP contribution in [-0.2, 0) is 4.79 Å². The summed E-state index contributed by atoms with van der Waals surface area (Å²) in [6.45, 7) is 5.26. The molecule has 1 atom stereocenters. The van der Waals surface area contributed by atoms with E-state index in [0.29, 0.717) is 13.1 Å². The molecule has 7 heteroatoms. The number of likely N-dealkylation sites (N-methyl/N-ethyl adjacent to an activating group) is 1. The molecule has 1 aromatic rings. The van der Waals surface area contributed by atoms with E-state index >= 15 is 0 Å². The van der Waals surface area contributed by atoms with E-state index in [2.05, 4.69) is 15.3 Å². The van der Waals surface area contributed by atoms with Gasteiger partial charge in [0.1, 0.15) is 12.4 Å². The molecular formula is C13H21N5O2. The topological polar surface area (TPSA) is 81.3 Å². The van der Waals surface area contributed by atoms with Crippen LogP contribution in [0.3, 0.4) is 0 Å². The Morgan fingerprint density at radius 3 is 2.80 bits per heavy atom. The first-order chi connectivity index (χ1) is 9.51. The van der Waals surface area contributed by atoms with E-state index in [9.17, 15) is 9.59 Å². The first-order valence-electron chi connectivity index (χ1n) is 6.82. The summed E-state index contributed by atoms with van der Waals surface area (Å²) in [4.78, 5) is 34.3. The Bertz CT molecular complexity index is 499. The third-order valence-corrected chi connectivity index (χ3v) is 3.43. The van der Waals surface area contributed by atoms with E-state index in [4.69, 9.17) is 0 Å². The average Bonchev–Trinajstić information content (AvgIpc) is 2.97. The smallest absolute Gasteiger partial charge is 0.320 e. The van der Waals surface area contributed by atoms with Crippen LogP contribution in [0.25, 0.3) is 0 Å². The minimum absolute atomic E-state index is 0.0953. The summed E-state index contributed by atoms with van der Waals surface area (Å²) in [5.74, 6) is 0.595. The molecule has 7 nitrogen and oxygen atoms in total. The lowest BCUT2D eigenvalue weighted by Crippen LogP contribution is -2.40. The molecule has 1 aliphatic heterocycles. The third kappa shape index (κ3) is 3.09. The number of imidazole rings is 1. The van der Waals surface area contributed by atoms with Gasteiger partial charge in [0.15, 0.2) is 0 Å². The van der Waals surface area contributed by atoms with Crippen LogP contribution in [0.4, 0.5) is 4.79 Å². The lowest BCUT2D eigenvalue weighted by atomic mass is 10.2. The minimum atomic E-state index is -0.158. The monoisotopic (exact) mass is 279 g/mol. The number of aryl methyl sites for hydroxylation is 1. The van der Waals surface area contributed by atoms with Crippen molar-refractivity contribution in [1.29, 1.82) is 0 Å². The molecule has 1 aromatic heterocycles. The zero-order valence-corrected chi connectivity index (χ0v) is 12.1. The summed E-state index contributed by atoms with van der Waals surface area (Å²) in [7, 11) is 1.74. The second kappa shape index (κ2) is 5.94. The molecule has 110 valence electrons. The van der Waals surface area contributed by atoms with Crippen molar-refractivity contribution in [1.82, 2.24) is 25.1 Å². The van der Waals surface area contributed by atoms with Crippen molar-refractivity contribution < 1.29 is 9.59 Å². The molecule has 1 fully saturated rings. The number of aromatic nitrogens is 2. The van der Waals surface area contributed by atoms with Crippen LogP contribution in [0.2, 0.25) is 0 Å². The van der Waals surface area contributed by atoms with Gasteiger partial charge in [0.05, 0.1) is 6.04 Å². The Labute approximate surface area is 118 Å². The van der Waals surface area contributed by atoms with Crippen LogP contribution in [0, 0.1) is 6.92 Å². The van der Waals surface area contributed by atoms with Gasteiger partial charge in [0, 0.05) is 32.0 Å². The summed E-state index contributed by atoms with van der Waals surface area (Å²) >= 11 is 0. The van der Waals surface area contributed by atoms with E-state index in [1.807, 2.05) is 13.8 Å². The number of hydrogen-bond acceptors (Lipinski definition) is 3. The highest BCUT2D eigenvalue weighted by atomic mass is 16.2. The highest BCUT2D eigenvalue weighted by Crippen LogP contribution is 2.13. The fourth-order valence-electron chi connectivity index (χ4n) is 2.24. The summed E-state index contributed by atoms with van der Waals surface area (Å²) in [5, 5.41) is 2.91. The molecule has 0 aliphatic carbocycles. The third-order valence-electron chi connectivity index (χ3n) is 3.43. The molecule has 2 rings (SSSR count). The SMILES string of the molecule is CC[C@@H](NC(=O)CN1CCN(C)C1=O)c1ncc(C)[nH]1. The van der Waals surface area contributed by atoms with Gasteiger partial charge in [-0.1, -0.05) is 6.92 Å². The zero-order chi connectivity index (χ0) is 14.7. The lowest BCUT2D eigenvalue weighted by molar-refractivity contribution is -0.122. The van der Waals surface area contributed by atoms with Crippen molar-refractivity contribution in [2.24, 2.45) is 0 Å². The van der Waals surface area contributed by atoms with Gasteiger partial charge in [-0.25, -0.2) is 9.78 Å². The zero-order valence-electron chi connectivity index (χ0n) is 12.1. The van der Waals surface area contributed by atoms with Crippen molar-refractivity contribution in [3.05, 3.63) is 17.7 Å². The number of aromatic amines is 1. The van der Waals surface area contributed by atoms with Gasteiger partial charge in [-0.05, 0) is 13.3 Å². The summed E-state index contributed by atoms with van der Waals surface area (Å²) in [6, 6.07) is -0.242. The molecule has 3 amide bonds. The van der Waals surface area contributed by atoms with Gasteiger partial charge in [-0.2, -0.15) is 0 Å². The van der Waals surface area contributed by atoms with Crippen LogP contribution >= 0.6 is 0 Å². The largest absolute Gasteiger partial charge is 0.345 e. The number of carbonyl (C=O) groups is 2. The average molecular weight is 279 g/mol. The predicted octanol–water partition coefficient (Wildman–Crippen LogP) is 0.653. The fourth-order valence-corrected chi connectivity index (χ4v) is 2.24. The lowest BCUT2D eigenvalue weighted by Gasteiger charge is -2.19. The van der Waals surface area contributed by atoms with Crippen molar-refractivity contribution in [2.45, 2.75) is 26.3 Å². The number of carbonyl (C=O) groups excluding carboxylic acids is 2. The summed E-state index contributed by atoms with van der Waals surface area (Å²) in [6.07, 6.45) is 2.48. The molecule has 1 saturated heterocycles. The molecule has 1 aliphatic rings. The van der Waals surface area contributed by atoms with E-state index in [0.717, 1.165) is 17.9 Å². The Kier molecular flexibility index (Phi) is 4.26. The Morgan fingerprint density at radius 2 is 2.30 bits per heavy atom. The number of rotatable bonds is 5. The molecular weight excluding hydrogens is 258 g/mol. The Hall–Kier alpha value is -2.05. The van der Waals surface area contributed by atoms with Crippen molar-refractivity contribution in [3.63, 3.8) is 0 Å². The number of nitrogens with zero attached hydrogens (tertiary/aromatic N) is 3. The van der Waals surface area contributed by atoms with Gasteiger partial charge < -0.3 is 20.1 Å². The molecule has 0 bridgehead atoms. The number of nitrogens with one attached hydrogen (secondary N) is 2. The maximum Gasteiger partial charge on any atom is 0.320 e. The van der Waals surface area contributed by atoms with Gasteiger partial charge in [0.25, 0.3) is 0 Å². The molecule has 2 heterocycles. The highest BCUT2D eigenvalue weighted by molar-refractivity contribution is 5.85. The van der Waals surface area contributed by atoms with E-state index < -0.39 is 0 Å². The fraction of sp³-hybridized carbons (Fsp3) is 0.615. The molecule has 20 heavy (non-hydrogen) atoms. The Morgan fingerprint density at radius 1 is 1.55 bits per heavy atom. The number of hydrogen-bond donors (Lipinski definition) is 2. The standard InChI is InChI=1S/C13H21N5O2/c1-4-10(12-14-7-9(2)15-12)16-11(19)8-18-6-5-17(3)13(18)20/h7,10H,4-6,8H2,1-3H3,(H,14,15)(H,16,19)/t10-/m1/s1. The number of urea groups is 1. The second-order valence-electron chi connectivity index (χ2n) is 5.11. The van der Waals surface area contributed by atoms with Crippen molar-refractivity contribution in [2.75, 3.05) is 26.7 Å². The first kappa shape index (κ1) is 14.4. The molecule has 0 spiro atoms. The molecule has 0 aromatic carbocycles. The predicted molar refractivity (Wildman–Crippen MR) is 74.1 cm³/mol. The van der Waals surface area contributed by atoms with Gasteiger partial charge >= 0.3 is 6.03 Å². The van der Waals surface area contributed by atoms with Crippen LogP contribution in [0.1, 0.15) is 30.9 Å². The summed E-state index contributed by atoms with van der Waals surface area (Å²) in [5.41, 5.74) is 0.962. The first-order valence-corrected chi connectivity index (χ1v) is 6.82. The quantitative estimate of drug-likeness (QED) is 0.830. The molecule has 0 radical (unpaired) electrons. The van der Waals surface area contributed by atoms with Crippen molar-refractivity contribution in [3.8, 4) is 0 Å². The highest BCUT2D eigenvalue weighted by Gasteiger charge is 2.27. The van der Waals surface area contributed by atoms with Gasteiger partial charge in [-0.3, -0.25) is 4.79 Å².